The summed E-state index contributed by atoms with van der Waals surface area (Å²) in [5.41, 5.74) is 0.309. The highest BCUT2D eigenvalue weighted by Crippen LogP contribution is 2.17. The fourth-order valence-electron chi connectivity index (χ4n) is 2.42. The Bertz CT molecular complexity index is 1040. The van der Waals surface area contributed by atoms with Crippen LogP contribution in [0.3, 0.4) is 0 Å². The number of benzene rings is 2. The molecule has 10 heteroatoms. The molecule has 150 valence electrons. The van der Waals surface area contributed by atoms with E-state index in [-0.39, 0.29) is 23.8 Å². The molecule has 3 rings (SSSR count). The molecule has 0 aliphatic rings. The van der Waals surface area contributed by atoms with Gasteiger partial charge in [0, 0.05) is 12.7 Å². The lowest BCUT2D eigenvalue weighted by atomic mass is 10.2. The largest absolute Gasteiger partial charge is 0.345 e. The van der Waals surface area contributed by atoms with Gasteiger partial charge in [-0.3, -0.25) is 9.59 Å². The summed E-state index contributed by atoms with van der Waals surface area (Å²) in [6.45, 7) is 0.0483. The van der Waals surface area contributed by atoms with Gasteiger partial charge in [0.25, 0.3) is 5.91 Å². The van der Waals surface area contributed by atoms with Crippen LogP contribution in [-0.2, 0) is 18.4 Å². The summed E-state index contributed by atoms with van der Waals surface area (Å²) in [5.74, 6) is -1.44. The second-order valence-corrected chi connectivity index (χ2v) is 6.91. The summed E-state index contributed by atoms with van der Waals surface area (Å²) in [4.78, 5) is 24.1. The number of carbonyl (C=O) groups is 2. The number of thioether (sulfide) groups is 1. The van der Waals surface area contributed by atoms with Crippen LogP contribution >= 0.6 is 11.8 Å². The van der Waals surface area contributed by atoms with Gasteiger partial charge in [-0.15, -0.1) is 10.2 Å². The Morgan fingerprint density at radius 2 is 1.90 bits per heavy atom. The van der Waals surface area contributed by atoms with Gasteiger partial charge in [-0.25, -0.2) is 8.78 Å². The van der Waals surface area contributed by atoms with Crippen LogP contribution in [0.15, 0.2) is 53.7 Å². The second kappa shape index (κ2) is 9.28. The molecule has 0 unspecified atom stereocenters. The van der Waals surface area contributed by atoms with Crippen LogP contribution in [0.1, 0.15) is 16.2 Å². The molecular formula is C19H17F2N5O2S. The summed E-state index contributed by atoms with van der Waals surface area (Å²) in [7, 11) is 1.69. The molecule has 0 aliphatic carbocycles. The molecule has 0 saturated carbocycles. The van der Waals surface area contributed by atoms with E-state index in [1.807, 2.05) is 0 Å². The highest BCUT2D eigenvalue weighted by atomic mass is 32.2. The molecule has 2 aromatic carbocycles. The third-order valence-electron chi connectivity index (χ3n) is 3.89. The van der Waals surface area contributed by atoms with Crippen molar-refractivity contribution in [2.45, 2.75) is 11.7 Å². The van der Waals surface area contributed by atoms with E-state index in [2.05, 4.69) is 20.8 Å². The fourth-order valence-corrected chi connectivity index (χ4v) is 3.15. The van der Waals surface area contributed by atoms with Crippen LogP contribution in [-0.4, -0.2) is 32.3 Å². The van der Waals surface area contributed by atoms with Gasteiger partial charge in [0.15, 0.2) is 11.0 Å². The predicted molar refractivity (Wildman–Crippen MR) is 104 cm³/mol. The van der Waals surface area contributed by atoms with E-state index in [0.717, 1.165) is 11.8 Å². The van der Waals surface area contributed by atoms with E-state index >= 15 is 0 Å². The van der Waals surface area contributed by atoms with Crippen molar-refractivity contribution in [2.75, 3.05) is 11.1 Å². The molecule has 29 heavy (non-hydrogen) atoms. The Labute approximate surface area is 169 Å². The van der Waals surface area contributed by atoms with Crippen LogP contribution in [0.25, 0.3) is 0 Å². The zero-order chi connectivity index (χ0) is 20.8. The van der Waals surface area contributed by atoms with Gasteiger partial charge in [0.2, 0.25) is 5.91 Å². The number of rotatable bonds is 7. The zero-order valence-electron chi connectivity index (χ0n) is 15.4. The molecule has 0 fully saturated rings. The van der Waals surface area contributed by atoms with E-state index in [1.54, 1.807) is 23.7 Å². The van der Waals surface area contributed by atoms with Crippen LogP contribution in [0.5, 0.6) is 0 Å². The molecule has 7 nitrogen and oxygen atoms in total. The topological polar surface area (TPSA) is 88.9 Å². The number of carbonyl (C=O) groups excluding carboxylic acids is 2. The molecule has 0 radical (unpaired) electrons. The normalized spacial score (nSPS) is 10.6. The standard InChI is InChI=1S/C19H17F2N5O2S/c1-26-16(10-22-18(28)14-7-2-3-8-15(14)21)24-25-19(26)29-11-17(27)23-13-6-4-5-12(20)9-13/h2-9H,10-11H2,1H3,(H,22,28)(H,23,27). The number of hydrogen-bond acceptors (Lipinski definition) is 5. The molecule has 0 saturated heterocycles. The minimum absolute atomic E-state index is 0.0457. The van der Waals surface area contributed by atoms with Crippen molar-refractivity contribution in [3.8, 4) is 0 Å². The first-order valence-corrected chi connectivity index (χ1v) is 9.52. The van der Waals surface area contributed by atoms with Crippen molar-refractivity contribution in [3.05, 3.63) is 71.6 Å². The molecule has 0 atom stereocenters. The molecule has 0 spiro atoms. The molecule has 2 N–H and O–H groups in total. The summed E-state index contributed by atoms with van der Waals surface area (Å²) in [6, 6.07) is 11.3. The SMILES string of the molecule is Cn1c(CNC(=O)c2ccccc2F)nnc1SCC(=O)Nc1cccc(F)c1. The predicted octanol–water partition coefficient (Wildman–Crippen LogP) is 2.75. The van der Waals surface area contributed by atoms with Crippen LogP contribution in [0, 0.1) is 11.6 Å². The van der Waals surface area contributed by atoms with Crippen molar-refractivity contribution >= 4 is 29.3 Å². The lowest BCUT2D eigenvalue weighted by Gasteiger charge is -2.07. The Kier molecular flexibility index (Phi) is 6.55. The highest BCUT2D eigenvalue weighted by molar-refractivity contribution is 7.99. The molecule has 3 aromatic rings. The van der Waals surface area contributed by atoms with E-state index in [0.29, 0.717) is 16.7 Å². The minimum Gasteiger partial charge on any atom is -0.345 e. The quantitative estimate of drug-likeness (QED) is 0.577. The summed E-state index contributed by atoms with van der Waals surface area (Å²) >= 11 is 1.14. The number of halogens is 2. The Hall–Kier alpha value is -3.27. The second-order valence-electron chi connectivity index (χ2n) is 5.97. The summed E-state index contributed by atoms with van der Waals surface area (Å²) in [6.07, 6.45) is 0. The van der Waals surface area contributed by atoms with Crippen LogP contribution in [0.2, 0.25) is 0 Å². The highest BCUT2D eigenvalue weighted by Gasteiger charge is 2.15. The zero-order valence-corrected chi connectivity index (χ0v) is 16.2. The minimum atomic E-state index is -0.608. The lowest BCUT2D eigenvalue weighted by molar-refractivity contribution is -0.113. The molecule has 1 heterocycles. The molecular weight excluding hydrogens is 400 g/mol. The van der Waals surface area contributed by atoms with Gasteiger partial charge in [-0.05, 0) is 30.3 Å². The summed E-state index contributed by atoms with van der Waals surface area (Å²) < 4.78 is 28.4. The van der Waals surface area contributed by atoms with Crippen molar-refractivity contribution in [1.82, 2.24) is 20.1 Å². The Balaban J connectivity index is 1.53. The van der Waals surface area contributed by atoms with Crippen molar-refractivity contribution in [2.24, 2.45) is 7.05 Å². The number of hydrogen-bond donors (Lipinski definition) is 2. The maximum atomic E-state index is 13.6. The number of nitrogens with zero attached hydrogens (tertiary/aromatic N) is 3. The summed E-state index contributed by atoms with van der Waals surface area (Å²) in [5, 5.41) is 13.6. The molecule has 0 aliphatic heterocycles. The smallest absolute Gasteiger partial charge is 0.254 e. The Morgan fingerprint density at radius 1 is 1.10 bits per heavy atom. The number of nitrogens with one attached hydrogen (secondary N) is 2. The van der Waals surface area contributed by atoms with Crippen molar-refractivity contribution < 1.29 is 18.4 Å². The average molecular weight is 417 g/mol. The van der Waals surface area contributed by atoms with Gasteiger partial charge in [-0.1, -0.05) is 30.0 Å². The number of aromatic nitrogens is 3. The fraction of sp³-hybridized carbons (Fsp3) is 0.158. The third-order valence-corrected chi connectivity index (χ3v) is 4.91. The van der Waals surface area contributed by atoms with E-state index in [9.17, 15) is 18.4 Å². The lowest BCUT2D eigenvalue weighted by Crippen LogP contribution is -2.25. The van der Waals surface area contributed by atoms with Gasteiger partial charge >= 0.3 is 0 Å². The number of anilines is 1. The average Bonchev–Trinajstić information content (AvgIpc) is 3.04. The van der Waals surface area contributed by atoms with Crippen LogP contribution < -0.4 is 10.6 Å². The Morgan fingerprint density at radius 3 is 2.66 bits per heavy atom. The molecule has 0 bridgehead atoms. The van der Waals surface area contributed by atoms with Gasteiger partial charge < -0.3 is 15.2 Å². The number of amides is 2. The van der Waals surface area contributed by atoms with E-state index in [4.69, 9.17) is 0 Å². The van der Waals surface area contributed by atoms with Gasteiger partial charge in [0.1, 0.15) is 11.6 Å². The maximum Gasteiger partial charge on any atom is 0.254 e. The first-order valence-electron chi connectivity index (χ1n) is 8.53. The third kappa shape index (κ3) is 5.38. The van der Waals surface area contributed by atoms with E-state index < -0.39 is 17.5 Å². The van der Waals surface area contributed by atoms with E-state index in [1.165, 1.54) is 36.4 Å². The first-order chi connectivity index (χ1) is 13.9. The molecule has 1 aromatic heterocycles. The van der Waals surface area contributed by atoms with Crippen LogP contribution in [0.4, 0.5) is 14.5 Å². The maximum absolute atomic E-state index is 13.6. The van der Waals surface area contributed by atoms with Gasteiger partial charge in [-0.2, -0.15) is 0 Å². The van der Waals surface area contributed by atoms with Gasteiger partial charge in [0.05, 0.1) is 17.9 Å². The first kappa shape index (κ1) is 20.5. The van der Waals surface area contributed by atoms with Crippen molar-refractivity contribution in [3.63, 3.8) is 0 Å². The monoisotopic (exact) mass is 417 g/mol. The molecule has 2 amide bonds. The van der Waals surface area contributed by atoms with Crippen molar-refractivity contribution in [1.29, 1.82) is 0 Å².